The van der Waals surface area contributed by atoms with Crippen LogP contribution in [0.15, 0.2) is 30.3 Å². The van der Waals surface area contributed by atoms with E-state index in [0.717, 1.165) is 10.9 Å². The van der Waals surface area contributed by atoms with E-state index in [-0.39, 0.29) is 11.3 Å². The Kier molecular flexibility index (Phi) is 4.49. The number of carbonyl (C=O) groups excluding carboxylic acids is 1. The number of benzene rings is 1. The smallest absolute Gasteiger partial charge is 0.272 e. The van der Waals surface area contributed by atoms with Gasteiger partial charge in [0.15, 0.2) is 0 Å². The molecule has 1 heterocycles. The highest BCUT2D eigenvalue weighted by molar-refractivity contribution is 6.31. The third-order valence-corrected chi connectivity index (χ3v) is 3.67. The number of aromatic nitrogens is 1. The van der Waals surface area contributed by atoms with Crippen LogP contribution in [0.3, 0.4) is 0 Å². The predicted octanol–water partition coefficient (Wildman–Crippen LogP) is 2.95. The second-order valence-corrected chi connectivity index (χ2v) is 6.50. The van der Waals surface area contributed by atoms with Crippen molar-refractivity contribution in [2.45, 2.75) is 13.8 Å². The molecule has 0 radical (unpaired) electrons. The lowest BCUT2D eigenvalue weighted by Crippen LogP contribution is -2.40. The number of amides is 1. The van der Waals surface area contributed by atoms with Crippen LogP contribution in [0.2, 0.25) is 5.02 Å². The largest absolute Gasteiger partial charge is 0.340 e. The van der Waals surface area contributed by atoms with Gasteiger partial charge >= 0.3 is 0 Å². The molecule has 1 amide bonds. The predicted molar refractivity (Wildman–Crippen MR) is 86.5 cm³/mol. The molecular formula is C16H20ClN3O. The van der Waals surface area contributed by atoms with E-state index in [1.807, 2.05) is 32.0 Å². The summed E-state index contributed by atoms with van der Waals surface area (Å²) in [4.78, 5) is 18.5. The Morgan fingerprint density at radius 2 is 2.00 bits per heavy atom. The van der Waals surface area contributed by atoms with Crippen LogP contribution in [0, 0.1) is 5.41 Å². The average Bonchev–Trinajstić information content (AvgIpc) is 2.45. The first-order valence-electron chi connectivity index (χ1n) is 6.84. The van der Waals surface area contributed by atoms with Crippen LogP contribution in [0.4, 0.5) is 0 Å². The van der Waals surface area contributed by atoms with Crippen molar-refractivity contribution in [3.63, 3.8) is 0 Å². The molecule has 1 aromatic carbocycles. The molecule has 4 nitrogen and oxygen atoms in total. The van der Waals surface area contributed by atoms with E-state index < -0.39 is 0 Å². The van der Waals surface area contributed by atoms with Crippen LogP contribution in [-0.4, -0.2) is 35.9 Å². The van der Waals surface area contributed by atoms with Crippen LogP contribution in [-0.2, 0) is 0 Å². The molecule has 2 rings (SSSR count). The summed E-state index contributed by atoms with van der Waals surface area (Å²) >= 11 is 5.97. The molecule has 112 valence electrons. The van der Waals surface area contributed by atoms with Gasteiger partial charge in [-0.2, -0.15) is 0 Å². The monoisotopic (exact) mass is 305 g/mol. The molecule has 0 aliphatic carbocycles. The van der Waals surface area contributed by atoms with Gasteiger partial charge in [-0.1, -0.05) is 37.6 Å². The second-order valence-electron chi connectivity index (χ2n) is 6.06. The lowest BCUT2D eigenvalue weighted by atomic mass is 9.93. The molecule has 2 N–H and O–H groups in total. The normalized spacial score (nSPS) is 11.7. The Morgan fingerprint density at radius 1 is 1.33 bits per heavy atom. The van der Waals surface area contributed by atoms with E-state index in [0.29, 0.717) is 23.8 Å². The molecule has 0 fully saturated rings. The number of halogens is 1. The molecule has 0 saturated heterocycles. The molecule has 0 unspecified atom stereocenters. The third-order valence-electron chi connectivity index (χ3n) is 3.44. The van der Waals surface area contributed by atoms with Crippen LogP contribution >= 0.6 is 11.6 Å². The highest BCUT2D eigenvalue weighted by atomic mass is 35.5. The minimum Gasteiger partial charge on any atom is -0.340 e. The summed E-state index contributed by atoms with van der Waals surface area (Å²) in [7, 11) is 1.77. The van der Waals surface area contributed by atoms with E-state index in [9.17, 15) is 4.79 Å². The number of hydrogen-bond acceptors (Lipinski definition) is 3. The van der Waals surface area contributed by atoms with Gasteiger partial charge in [-0.3, -0.25) is 4.79 Å². The van der Waals surface area contributed by atoms with Gasteiger partial charge in [-0.05, 0) is 30.2 Å². The van der Waals surface area contributed by atoms with E-state index in [1.165, 1.54) is 0 Å². The quantitative estimate of drug-likeness (QED) is 0.945. The van der Waals surface area contributed by atoms with Crippen molar-refractivity contribution in [1.29, 1.82) is 0 Å². The molecule has 0 saturated carbocycles. The standard InChI is InChI=1S/C16H20ClN3O/c1-16(2,9-18)10-20(3)15(21)13-7-5-11-4-6-12(17)8-14(11)19-13/h4-8H,9-10,18H2,1-3H3. The highest BCUT2D eigenvalue weighted by Crippen LogP contribution is 2.19. The zero-order valence-electron chi connectivity index (χ0n) is 12.6. The molecule has 0 aliphatic rings. The van der Waals surface area contributed by atoms with Crippen molar-refractivity contribution in [2.75, 3.05) is 20.1 Å². The first-order valence-corrected chi connectivity index (χ1v) is 7.22. The molecule has 0 spiro atoms. The zero-order valence-corrected chi connectivity index (χ0v) is 13.3. The maximum Gasteiger partial charge on any atom is 0.272 e. The van der Waals surface area contributed by atoms with Crippen LogP contribution in [0.5, 0.6) is 0 Å². The summed E-state index contributed by atoms with van der Waals surface area (Å²) < 4.78 is 0. The molecule has 2 aromatic rings. The van der Waals surface area contributed by atoms with Gasteiger partial charge in [-0.15, -0.1) is 0 Å². The maximum absolute atomic E-state index is 12.5. The molecule has 1 aromatic heterocycles. The van der Waals surface area contributed by atoms with Crippen LogP contribution < -0.4 is 5.73 Å². The molecule has 0 aliphatic heterocycles. The Balaban J connectivity index is 2.26. The number of hydrogen-bond donors (Lipinski definition) is 1. The minimum atomic E-state index is -0.120. The van der Waals surface area contributed by atoms with Crippen molar-refractivity contribution in [1.82, 2.24) is 9.88 Å². The first-order chi connectivity index (χ1) is 9.82. The molecule has 5 heteroatoms. The van der Waals surface area contributed by atoms with E-state index in [1.54, 1.807) is 24.1 Å². The van der Waals surface area contributed by atoms with Gasteiger partial charge in [0.25, 0.3) is 5.91 Å². The van der Waals surface area contributed by atoms with Gasteiger partial charge in [0.1, 0.15) is 5.69 Å². The van der Waals surface area contributed by atoms with Crippen molar-refractivity contribution >= 4 is 28.4 Å². The summed E-state index contributed by atoms with van der Waals surface area (Å²) in [6, 6.07) is 9.08. The second kappa shape index (κ2) is 6.00. The lowest BCUT2D eigenvalue weighted by Gasteiger charge is -2.28. The Hall–Kier alpha value is -1.65. The number of fused-ring (bicyclic) bond motifs is 1. The van der Waals surface area contributed by atoms with Gasteiger partial charge in [0.05, 0.1) is 5.52 Å². The Bertz CT molecular complexity index is 670. The zero-order chi connectivity index (χ0) is 15.6. The fourth-order valence-corrected chi connectivity index (χ4v) is 2.35. The van der Waals surface area contributed by atoms with Crippen LogP contribution in [0.25, 0.3) is 10.9 Å². The third kappa shape index (κ3) is 3.71. The molecule has 0 atom stereocenters. The van der Waals surface area contributed by atoms with Crippen molar-refractivity contribution in [3.05, 3.63) is 41.0 Å². The topological polar surface area (TPSA) is 59.2 Å². The number of nitrogens with two attached hydrogens (primary N) is 1. The molecule has 0 bridgehead atoms. The van der Waals surface area contributed by atoms with Crippen LogP contribution in [0.1, 0.15) is 24.3 Å². The van der Waals surface area contributed by atoms with Crippen molar-refractivity contribution in [2.24, 2.45) is 11.1 Å². The van der Waals surface area contributed by atoms with Gasteiger partial charge in [0.2, 0.25) is 0 Å². The van der Waals surface area contributed by atoms with E-state index in [4.69, 9.17) is 17.3 Å². The maximum atomic E-state index is 12.5. The number of rotatable bonds is 4. The summed E-state index contributed by atoms with van der Waals surface area (Å²) in [5.74, 6) is -0.113. The fourth-order valence-electron chi connectivity index (χ4n) is 2.18. The van der Waals surface area contributed by atoms with E-state index >= 15 is 0 Å². The fraction of sp³-hybridized carbons (Fsp3) is 0.375. The Morgan fingerprint density at radius 3 is 2.67 bits per heavy atom. The van der Waals surface area contributed by atoms with Gasteiger partial charge in [-0.25, -0.2) is 4.98 Å². The summed E-state index contributed by atoms with van der Waals surface area (Å²) in [6.45, 7) is 5.16. The van der Waals surface area contributed by atoms with Crippen molar-refractivity contribution in [3.8, 4) is 0 Å². The molecular weight excluding hydrogens is 286 g/mol. The number of nitrogens with zero attached hydrogens (tertiary/aromatic N) is 2. The lowest BCUT2D eigenvalue weighted by molar-refractivity contribution is 0.0735. The highest BCUT2D eigenvalue weighted by Gasteiger charge is 2.22. The number of pyridine rings is 1. The summed E-state index contributed by atoms with van der Waals surface area (Å²) in [5.41, 5.74) is 6.73. The summed E-state index contributed by atoms with van der Waals surface area (Å²) in [6.07, 6.45) is 0. The van der Waals surface area contributed by atoms with Gasteiger partial charge < -0.3 is 10.6 Å². The van der Waals surface area contributed by atoms with Crippen molar-refractivity contribution < 1.29 is 4.79 Å². The SMILES string of the molecule is CN(CC(C)(C)CN)C(=O)c1ccc2ccc(Cl)cc2n1. The first kappa shape index (κ1) is 15.7. The average molecular weight is 306 g/mol. The molecule has 21 heavy (non-hydrogen) atoms. The summed E-state index contributed by atoms with van der Waals surface area (Å²) in [5, 5.41) is 1.57. The minimum absolute atomic E-state index is 0.113. The van der Waals surface area contributed by atoms with Gasteiger partial charge in [0, 0.05) is 24.0 Å². The number of carbonyl (C=O) groups is 1. The van der Waals surface area contributed by atoms with E-state index in [2.05, 4.69) is 4.98 Å². The Labute approximate surface area is 129 Å².